The van der Waals surface area contributed by atoms with Gasteiger partial charge in [-0.05, 0) is 48.2 Å². The lowest BCUT2D eigenvalue weighted by Crippen LogP contribution is -2.11. The van der Waals surface area contributed by atoms with E-state index in [-0.39, 0.29) is 19.0 Å². The zero-order chi connectivity index (χ0) is 21.5. The maximum Gasteiger partial charge on any atom is 0.336 e. The quantitative estimate of drug-likeness (QED) is 0.283. The molecule has 0 fully saturated rings. The van der Waals surface area contributed by atoms with Crippen molar-refractivity contribution in [3.05, 3.63) is 74.6 Å². The summed E-state index contributed by atoms with van der Waals surface area (Å²) in [5.74, 6) is 0.239. The van der Waals surface area contributed by atoms with Gasteiger partial charge >= 0.3 is 11.6 Å². The van der Waals surface area contributed by atoms with Gasteiger partial charge in [0, 0.05) is 36.1 Å². The average molecular weight is 431 g/mol. The Bertz CT molecular complexity index is 1070. The normalized spacial score (nSPS) is 10.9. The SMILES string of the molecule is COCCOC(=O)CCc1cc2c(C)cc(=O)oc2cc1OCc1ccc(Cl)cc1. The Balaban J connectivity index is 1.83. The maximum absolute atomic E-state index is 12.0. The van der Waals surface area contributed by atoms with Gasteiger partial charge in [-0.25, -0.2) is 4.79 Å². The highest BCUT2D eigenvalue weighted by molar-refractivity contribution is 6.30. The van der Waals surface area contributed by atoms with Crippen molar-refractivity contribution in [3.63, 3.8) is 0 Å². The zero-order valence-electron chi connectivity index (χ0n) is 16.9. The third-order valence-corrected chi connectivity index (χ3v) is 4.84. The molecule has 0 spiro atoms. The molecule has 1 aromatic heterocycles. The molecule has 0 aliphatic rings. The third-order valence-electron chi connectivity index (χ3n) is 4.59. The van der Waals surface area contributed by atoms with Crippen LogP contribution in [0.2, 0.25) is 5.02 Å². The molecule has 0 bridgehead atoms. The second-order valence-corrected chi connectivity index (χ2v) is 7.27. The molecule has 0 atom stereocenters. The fourth-order valence-corrected chi connectivity index (χ4v) is 3.14. The van der Waals surface area contributed by atoms with E-state index in [4.69, 9.17) is 30.2 Å². The number of esters is 1. The van der Waals surface area contributed by atoms with Crippen LogP contribution in [0.1, 0.15) is 23.1 Å². The second-order valence-electron chi connectivity index (χ2n) is 6.83. The van der Waals surface area contributed by atoms with E-state index in [1.54, 1.807) is 25.3 Å². The minimum Gasteiger partial charge on any atom is -0.488 e. The molecule has 0 unspecified atom stereocenters. The Morgan fingerprint density at radius 2 is 1.87 bits per heavy atom. The summed E-state index contributed by atoms with van der Waals surface area (Å²) in [4.78, 5) is 23.8. The molecule has 0 aliphatic carbocycles. The molecule has 0 saturated heterocycles. The average Bonchev–Trinajstić information content (AvgIpc) is 2.72. The summed E-state index contributed by atoms with van der Waals surface area (Å²) in [7, 11) is 1.55. The number of rotatable bonds is 9. The predicted molar refractivity (Wildman–Crippen MR) is 114 cm³/mol. The van der Waals surface area contributed by atoms with Gasteiger partial charge in [0.05, 0.1) is 6.61 Å². The highest BCUT2D eigenvalue weighted by atomic mass is 35.5. The summed E-state index contributed by atoms with van der Waals surface area (Å²) < 4.78 is 21.4. The topological polar surface area (TPSA) is 75.0 Å². The van der Waals surface area contributed by atoms with Crippen LogP contribution in [0, 0.1) is 6.92 Å². The molecule has 2 aromatic carbocycles. The molecule has 3 rings (SSSR count). The monoisotopic (exact) mass is 430 g/mol. The van der Waals surface area contributed by atoms with E-state index in [0.717, 1.165) is 22.1 Å². The van der Waals surface area contributed by atoms with Crippen molar-refractivity contribution in [1.82, 2.24) is 0 Å². The Labute approximate surface area is 179 Å². The number of carbonyl (C=O) groups excluding carboxylic acids is 1. The van der Waals surface area contributed by atoms with Gasteiger partial charge in [-0.2, -0.15) is 0 Å². The molecule has 3 aromatic rings. The predicted octanol–water partition coefficient (Wildman–Crippen LogP) is 4.46. The number of ether oxygens (including phenoxy) is 3. The van der Waals surface area contributed by atoms with Crippen molar-refractivity contribution in [3.8, 4) is 5.75 Å². The highest BCUT2D eigenvalue weighted by Crippen LogP contribution is 2.29. The van der Waals surface area contributed by atoms with Gasteiger partial charge in [-0.3, -0.25) is 4.79 Å². The van der Waals surface area contributed by atoms with E-state index >= 15 is 0 Å². The van der Waals surface area contributed by atoms with Crippen molar-refractivity contribution >= 4 is 28.5 Å². The number of carbonyl (C=O) groups is 1. The molecule has 0 saturated carbocycles. The first-order valence-corrected chi connectivity index (χ1v) is 9.93. The zero-order valence-corrected chi connectivity index (χ0v) is 17.7. The largest absolute Gasteiger partial charge is 0.488 e. The Kier molecular flexibility index (Phi) is 7.49. The lowest BCUT2D eigenvalue weighted by molar-refractivity contribution is -0.144. The van der Waals surface area contributed by atoms with Crippen LogP contribution in [-0.4, -0.2) is 26.3 Å². The molecular weight excluding hydrogens is 408 g/mol. The van der Waals surface area contributed by atoms with Gasteiger partial charge in [0.2, 0.25) is 0 Å². The molecule has 0 amide bonds. The fraction of sp³-hybridized carbons (Fsp3) is 0.304. The molecule has 1 heterocycles. The number of hydrogen-bond acceptors (Lipinski definition) is 6. The third kappa shape index (κ3) is 5.84. The number of aryl methyl sites for hydroxylation is 2. The van der Waals surface area contributed by atoms with Crippen molar-refractivity contribution < 1.29 is 23.4 Å². The summed E-state index contributed by atoms with van der Waals surface area (Å²) in [6.07, 6.45) is 0.624. The van der Waals surface area contributed by atoms with E-state index < -0.39 is 5.63 Å². The van der Waals surface area contributed by atoms with E-state index in [1.165, 1.54) is 6.07 Å². The number of halogens is 1. The number of benzene rings is 2. The lowest BCUT2D eigenvalue weighted by Gasteiger charge is -2.14. The van der Waals surface area contributed by atoms with Gasteiger partial charge in [0.25, 0.3) is 0 Å². The maximum atomic E-state index is 12.0. The summed E-state index contributed by atoms with van der Waals surface area (Å²) in [5.41, 5.74) is 2.59. The van der Waals surface area contributed by atoms with Gasteiger partial charge in [-0.1, -0.05) is 23.7 Å². The Morgan fingerprint density at radius 3 is 2.60 bits per heavy atom. The Hall–Kier alpha value is -2.83. The van der Waals surface area contributed by atoms with Gasteiger partial charge in [0.1, 0.15) is 24.5 Å². The van der Waals surface area contributed by atoms with Crippen LogP contribution < -0.4 is 10.4 Å². The number of hydrogen-bond donors (Lipinski definition) is 0. The minimum atomic E-state index is -0.418. The van der Waals surface area contributed by atoms with E-state index in [0.29, 0.717) is 36.0 Å². The molecule has 158 valence electrons. The van der Waals surface area contributed by atoms with Crippen LogP contribution in [0.3, 0.4) is 0 Å². The molecule has 6 nitrogen and oxygen atoms in total. The van der Waals surface area contributed by atoms with Crippen molar-refractivity contribution in [2.45, 2.75) is 26.4 Å². The molecule has 0 radical (unpaired) electrons. The second kappa shape index (κ2) is 10.3. The first kappa shape index (κ1) is 21.9. The smallest absolute Gasteiger partial charge is 0.336 e. The first-order chi connectivity index (χ1) is 14.5. The fourth-order valence-electron chi connectivity index (χ4n) is 3.01. The molecule has 30 heavy (non-hydrogen) atoms. The summed E-state index contributed by atoms with van der Waals surface area (Å²) >= 11 is 5.93. The van der Waals surface area contributed by atoms with Crippen molar-refractivity contribution in [2.24, 2.45) is 0 Å². The summed E-state index contributed by atoms with van der Waals surface area (Å²) in [6, 6.07) is 12.4. The molecular formula is C23H23ClO6. The van der Waals surface area contributed by atoms with Crippen LogP contribution in [0.5, 0.6) is 5.75 Å². The van der Waals surface area contributed by atoms with Gasteiger partial charge in [0.15, 0.2) is 0 Å². The van der Waals surface area contributed by atoms with E-state index in [9.17, 15) is 9.59 Å². The van der Waals surface area contributed by atoms with Crippen LogP contribution in [0.4, 0.5) is 0 Å². The number of methoxy groups -OCH3 is 1. The lowest BCUT2D eigenvalue weighted by atomic mass is 10.0. The molecule has 0 N–H and O–H groups in total. The van der Waals surface area contributed by atoms with Crippen LogP contribution >= 0.6 is 11.6 Å². The van der Waals surface area contributed by atoms with Gasteiger partial charge in [-0.15, -0.1) is 0 Å². The van der Waals surface area contributed by atoms with E-state index in [1.807, 2.05) is 25.1 Å². The van der Waals surface area contributed by atoms with Crippen LogP contribution in [0.15, 0.2) is 51.7 Å². The van der Waals surface area contributed by atoms with Crippen LogP contribution in [-0.2, 0) is 27.3 Å². The first-order valence-electron chi connectivity index (χ1n) is 9.55. The van der Waals surface area contributed by atoms with Crippen molar-refractivity contribution in [2.75, 3.05) is 20.3 Å². The summed E-state index contributed by atoms with van der Waals surface area (Å²) in [5, 5.41) is 1.45. The summed E-state index contributed by atoms with van der Waals surface area (Å²) in [6.45, 7) is 2.73. The minimum absolute atomic E-state index is 0.197. The molecule has 7 heteroatoms. The number of fused-ring (bicyclic) bond motifs is 1. The van der Waals surface area contributed by atoms with Gasteiger partial charge < -0.3 is 18.6 Å². The molecule has 0 aliphatic heterocycles. The highest BCUT2D eigenvalue weighted by Gasteiger charge is 2.13. The van der Waals surface area contributed by atoms with Crippen LogP contribution in [0.25, 0.3) is 11.0 Å². The Morgan fingerprint density at radius 1 is 1.10 bits per heavy atom. The van der Waals surface area contributed by atoms with E-state index in [2.05, 4.69) is 0 Å². The standard InChI is InChI=1S/C23H23ClO6/c1-15-11-23(26)30-21-13-20(29-14-16-3-6-18(24)7-4-16)17(12-19(15)21)5-8-22(25)28-10-9-27-2/h3-4,6-7,11-13H,5,8-10,14H2,1-2H3. The van der Waals surface area contributed by atoms with Crippen molar-refractivity contribution in [1.29, 1.82) is 0 Å².